The van der Waals surface area contributed by atoms with Gasteiger partial charge in [-0.3, -0.25) is 0 Å². The van der Waals surface area contributed by atoms with Crippen LogP contribution in [0.3, 0.4) is 0 Å². The lowest BCUT2D eigenvalue weighted by atomic mass is 10.00. The van der Waals surface area contributed by atoms with E-state index in [2.05, 4.69) is 24.4 Å². The van der Waals surface area contributed by atoms with E-state index in [0.717, 1.165) is 12.0 Å². The van der Waals surface area contributed by atoms with Crippen LogP contribution in [-0.4, -0.2) is 12.1 Å². The predicted molar refractivity (Wildman–Crippen MR) is 66.0 cm³/mol. The Labute approximate surface area is 94.3 Å². The molecule has 0 aromatic heterocycles. The summed E-state index contributed by atoms with van der Waals surface area (Å²) in [6.45, 7) is 2.41. The van der Waals surface area contributed by atoms with Crippen molar-refractivity contribution in [3.8, 4) is 0 Å². The van der Waals surface area contributed by atoms with Gasteiger partial charge in [-0.15, -0.1) is 0 Å². The second-order valence-electron chi connectivity index (χ2n) is 5.44. The quantitative estimate of drug-likeness (QED) is 0.538. The molecule has 1 fully saturated rings. The lowest BCUT2D eigenvalue weighted by molar-refractivity contribution is 0.399. The highest BCUT2D eigenvalue weighted by Crippen LogP contribution is 2.23. The molecule has 2 rings (SSSR count). The molecule has 0 bridgehead atoms. The Morgan fingerprint density at radius 1 is 1.00 bits per heavy atom. The van der Waals surface area contributed by atoms with E-state index in [1.54, 1.807) is 0 Å². The lowest BCUT2D eigenvalue weighted by Crippen LogP contribution is -2.37. The molecule has 1 nitrogen and oxygen atoms in total. The first kappa shape index (κ1) is 11.2. The molecule has 3 unspecified atom stereocenters. The number of nitrogens with one attached hydrogen (secondary N) is 1. The van der Waals surface area contributed by atoms with Crippen LogP contribution < -0.4 is 5.32 Å². The van der Waals surface area contributed by atoms with Gasteiger partial charge in [0.25, 0.3) is 0 Å². The highest BCUT2D eigenvalue weighted by molar-refractivity contribution is 4.98. The zero-order chi connectivity index (χ0) is 10.5. The molecule has 0 aromatic rings. The minimum atomic E-state index is 0.678. The third kappa shape index (κ3) is 3.64. The van der Waals surface area contributed by atoms with Crippen LogP contribution in [0.2, 0.25) is 0 Å². The van der Waals surface area contributed by atoms with Gasteiger partial charge >= 0.3 is 0 Å². The van der Waals surface area contributed by atoms with Crippen LogP contribution in [0.4, 0.5) is 0 Å². The molecule has 2 aliphatic rings. The van der Waals surface area contributed by atoms with E-state index in [1.165, 1.54) is 51.4 Å². The number of rotatable bonds is 2. The average molecular weight is 207 g/mol. The molecule has 0 aromatic carbocycles. The summed E-state index contributed by atoms with van der Waals surface area (Å²) in [7, 11) is 0. The summed E-state index contributed by atoms with van der Waals surface area (Å²) in [4.78, 5) is 0. The SMILES string of the molecule is CC1CCCC(NC2C=CCCC2)CC1. The maximum atomic E-state index is 3.83. The molecule has 2 aliphatic carbocycles. The molecule has 0 saturated heterocycles. The summed E-state index contributed by atoms with van der Waals surface area (Å²) in [5.41, 5.74) is 0. The Bertz CT molecular complexity index is 209. The van der Waals surface area contributed by atoms with Crippen LogP contribution in [-0.2, 0) is 0 Å². The predicted octanol–water partition coefficient (Wildman–Crippen LogP) is 3.65. The summed E-state index contributed by atoms with van der Waals surface area (Å²) < 4.78 is 0. The minimum absolute atomic E-state index is 0.678. The van der Waals surface area contributed by atoms with E-state index >= 15 is 0 Å². The van der Waals surface area contributed by atoms with Crippen molar-refractivity contribution in [3.05, 3.63) is 12.2 Å². The van der Waals surface area contributed by atoms with Crippen molar-refractivity contribution >= 4 is 0 Å². The molecule has 0 heterocycles. The number of allylic oxidation sites excluding steroid dienone is 1. The van der Waals surface area contributed by atoms with Gasteiger partial charge in [0, 0.05) is 12.1 Å². The Morgan fingerprint density at radius 2 is 1.93 bits per heavy atom. The van der Waals surface area contributed by atoms with E-state index in [-0.39, 0.29) is 0 Å². The summed E-state index contributed by atoms with van der Waals surface area (Å²) in [6.07, 6.45) is 15.8. The summed E-state index contributed by atoms with van der Waals surface area (Å²) in [5.74, 6) is 0.957. The van der Waals surface area contributed by atoms with Crippen LogP contribution >= 0.6 is 0 Å². The van der Waals surface area contributed by atoms with Gasteiger partial charge in [-0.25, -0.2) is 0 Å². The topological polar surface area (TPSA) is 12.0 Å². The van der Waals surface area contributed by atoms with Gasteiger partial charge in [-0.05, 0) is 44.4 Å². The molecule has 1 saturated carbocycles. The fraction of sp³-hybridized carbons (Fsp3) is 0.857. The third-order valence-corrected chi connectivity index (χ3v) is 3.96. The van der Waals surface area contributed by atoms with Gasteiger partial charge in [0.05, 0.1) is 0 Å². The van der Waals surface area contributed by atoms with Crippen LogP contribution in [0.5, 0.6) is 0 Å². The highest BCUT2D eigenvalue weighted by Gasteiger charge is 2.18. The zero-order valence-electron chi connectivity index (χ0n) is 10.0. The number of hydrogen-bond acceptors (Lipinski definition) is 1. The maximum Gasteiger partial charge on any atom is 0.0252 e. The fourth-order valence-electron chi connectivity index (χ4n) is 2.91. The van der Waals surface area contributed by atoms with Crippen molar-refractivity contribution in [2.24, 2.45) is 5.92 Å². The molecule has 86 valence electrons. The zero-order valence-corrected chi connectivity index (χ0v) is 10.0. The molecule has 1 heteroatoms. The highest BCUT2D eigenvalue weighted by atomic mass is 14.9. The van der Waals surface area contributed by atoms with Gasteiger partial charge in [-0.1, -0.05) is 31.9 Å². The summed E-state index contributed by atoms with van der Waals surface area (Å²) in [5, 5.41) is 3.83. The van der Waals surface area contributed by atoms with Gasteiger partial charge in [0.1, 0.15) is 0 Å². The van der Waals surface area contributed by atoms with Crippen molar-refractivity contribution in [1.29, 1.82) is 0 Å². The van der Waals surface area contributed by atoms with E-state index in [1.807, 2.05) is 0 Å². The van der Waals surface area contributed by atoms with Crippen molar-refractivity contribution < 1.29 is 0 Å². The molecule has 0 spiro atoms. The number of hydrogen-bond donors (Lipinski definition) is 1. The van der Waals surface area contributed by atoms with Gasteiger partial charge in [0.15, 0.2) is 0 Å². The van der Waals surface area contributed by atoms with Crippen molar-refractivity contribution in [1.82, 2.24) is 5.32 Å². The van der Waals surface area contributed by atoms with E-state index < -0.39 is 0 Å². The molecule has 0 amide bonds. The first-order valence-corrected chi connectivity index (χ1v) is 6.77. The van der Waals surface area contributed by atoms with Crippen LogP contribution in [0.25, 0.3) is 0 Å². The Hall–Kier alpha value is -0.300. The van der Waals surface area contributed by atoms with Gasteiger partial charge in [-0.2, -0.15) is 0 Å². The molecular weight excluding hydrogens is 182 g/mol. The summed E-state index contributed by atoms with van der Waals surface area (Å²) in [6, 6.07) is 1.47. The summed E-state index contributed by atoms with van der Waals surface area (Å²) >= 11 is 0. The first-order chi connectivity index (χ1) is 7.34. The average Bonchev–Trinajstić information content (AvgIpc) is 2.46. The van der Waals surface area contributed by atoms with Crippen molar-refractivity contribution in [3.63, 3.8) is 0 Å². The molecule has 0 aliphatic heterocycles. The van der Waals surface area contributed by atoms with Crippen molar-refractivity contribution in [2.75, 3.05) is 0 Å². The largest absolute Gasteiger partial charge is 0.308 e. The molecule has 1 N–H and O–H groups in total. The fourth-order valence-corrected chi connectivity index (χ4v) is 2.91. The van der Waals surface area contributed by atoms with Gasteiger partial charge in [0.2, 0.25) is 0 Å². The van der Waals surface area contributed by atoms with E-state index in [4.69, 9.17) is 0 Å². The smallest absolute Gasteiger partial charge is 0.0252 e. The molecule has 0 radical (unpaired) electrons. The van der Waals surface area contributed by atoms with Crippen LogP contribution in [0.15, 0.2) is 12.2 Å². The Kier molecular flexibility index (Phi) is 4.25. The molecule has 3 atom stereocenters. The third-order valence-electron chi connectivity index (χ3n) is 3.96. The molecular formula is C14H25N. The van der Waals surface area contributed by atoms with Crippen LogP contribution in [0.1, 0.15) is 58.3 Å². The lowest BCUT2D eigenvalue weighted by Gasteiger charge is -2.24. The molecule has 15 heavy (non-hydrogen) atoms. The standard InChI is InChI=1S/C14H25N/c1-12-6-5-9-14(11-10-12)15-13-7-3-2-4-8-13/h3,7,12-15H,2,4-6,8-11H2,1H3. The second kappa shape index (κ2) is 5.69. The first-order valence-electron chi connectivity index (χ1n) is 6.77. The maximum absolute atomic E-state index is 3.83. The minimum Gasteiger partial charge on any atom is -0.308 e. The Morgan fingerprint density at radius 3 is 2.73 bits per heavy atom. The van der Waals surface area contributed by atoms with Gasteiger partial charge < -0.3 is 5.32 Å². The normalized spacial score (nSPS) is 37.5. The Balaban J connectivity index is 1.77. The second-order valence-corrected chi connectivity index (χ2v) is 5.44. The van der Waals surface area contributed by atoms with Crippen molar-refractivity contribution in [2.45, 2.75) is 70.4 Å². The van der Waals surface area contributed by atoms with Crippen LogP contribution in [0, 0.1) is 5.92 Å². The van der Waals surface area contributed by atoms with E-state index in [0.29, 0.717) is 6.04 Å². The monoisotopic (exact) mass is 207 g/mol. The van der Waals surface area contributed by atoms with E-state index in [9.17, 15) is 0 Å².